The van der Waals surface area contributed by atoms with E-state index in [1.807, 2.05) is 6.92 Å². The molecule has 2 atom stereocenters. The summed E-state index contributed by atoms with van der Waals surface area (Å²) in [6.07, 6.45) is 2.23. The predicted molar refractivity (Wildman–Crippen MR) is 48.6 cm³/mol. The monoisotopic (exact) mass is 181 g/mol. The first-order valence-corrected chi connectivity index (χ1v) is 4.59. The van der Waals surface area contributed by atoms with Crippen molar-refractivity contribution in [2.75, 3.05) is 6.54 Å². The molecule has 0 saturated carbocycles. The van der Waals surface area contributed by atoms with E-state index in [-0.39, 0.29) is 11.9 Å². The highest BCUT2D eigenvalue weighted by molar-refractivity contribution is 5.80. The molecule has 1 aliphatic heterocycles. The van der Waals surface area contributed by atoms with Gasteiger partial charge in [0.25, 0.3) is 0 Å². The largest absolute Gasteiger partial charge is 0.368 e. The smallest absolute Gasteiger partial charge is 0.234 e. The lowest BCUT2D eigenvalue weighted by Gasteiger charge is -2.42. The summed E-state index contributed by atoms with van der Waals surface area (Å²) in [5.41, 5.74) is 5.21. The summed E-state index contributed by atoms with van der Waals surface area (Å²) in [5.74, 6) is -0.241. The van der Waals surface area contributed by atoms with Gasteiger partial charge in [0, 0.05) is 19.0 Å². The van der Waals surface area contributed by atoms with E-state index in [0.29, 0.717) is 12.5 Å². The number of nitrogens with zero attached hydrogens (tertiary/aromatic N) is 2. The molecule has 2 N–H and O–H groups in total. The van der Waals surface area contributed by atoms with Gasteiger partial charge in [-0.05, 0) is 19.8 Å². The van der Waals surface area contributed by atoms with Crippen molar-refractivity contribution in [3.05, 3.63) is 0 Å². The van der Waals surface area contributed by atoms with Gasteiger partial charge in [-0.15, -0.1) is 0 Å². The molecule has 0 spiro atoms. The van der Waals surface area contributed by atoms with E-state index >= 15 is 0 Å². The van der Waals surface area contributed by atoms with Gasteiger partial charge in [0.1, 0.15) is 0 Å². The van der Waals surface area contributed by atoms with Gasteiger partial charge < -0.3 is 5.73 Å². The van der Waals surface area contributed by atoms with Crippen LogP contribution in [0.15, 0.2) is 0 Å². The van der Waals surface area contributed by atoms with E-state index < -0.39 is 0 Å². The van der Waals surface area contributed by atoms with Crippen LogP contribution < -0.4 is 5.73 Å². The van der Waals surface area contributed by atoms with Crippen LogP contribution in [-0.2, 0) is 4.79 Å². The minimum Gasteiger partial charge on any atom is -0.368 e. The Morgan fingerprint density at radius 1 is 1.85 bits per heavy atom. The standard InChI is InChI=1S/C9H15N3O/c1-7(3-2-5-10)12-6-4-8(12)9(11)13/h7-8H,2-4,6H2,1H3,(H2,11,13). The SMILES string of the molecule is CC(CCC#N)N1CCC1C(N)=O. The molecule has 1 amide bonds. The third-order valence-corrected chi connectivity index (χ3v) is 2.63. The van der Waals surface area contributed by atoms with Crippen molar-refractivity contribution < 1.29 is 4.79 Å². The number of likely N-dealkylation sites (tertiary alicyclic amines) is 1. The predicted octanol–water partition coefficient (Wildman–Crippen LogP) is 0.238. The molecule has 72 valence electrons. The molecule has 0 bridgehead atoms. The number of carbonyl (C=O) groups is 1. The first-order chi connectivity index (χ1) is 6.16. The lowest BCUT2D eigenvalue weighted by Crippen LogP contribution is -2.58. The Hall–Kier alpha value is -1.08. The second kappa shape index (κ2) is 4.24. The fraction of sp³-hybridized carbons (Fsp3) is 0.778. The summed E-state index contributed by atoms with van der Waals surface area (Å²) in [4.78, 5) is 13.0. The minimum absolute atomic E-state index is 0.0892. The third kappa shape index (κ3) is 2.19. The van der Waals surface area contributed by atoms with E-state index in [9.17, 15) is 4.79 Å². The van der Waals surface area contributed by atoms with Gasteiger partial charge in [0.05, 0.1) is 12.1 Å². The Balaban J connectivity index is 2.36. The van der Waals surface area contributed by atoms with E-state index in [2.05, 4.69) is 11.0 Å². The number of primary amides is 1. The fourth-order valence-electron chi connectivity index (χ4n) is 1.68. The Morgan fingerprint density at radius 2 is 2.54 bits per heavy atom. The molecule has 1 fully saturated rings. The number of nitriles is 1. The Bertz CT molecular complexity index is 234. The molecule has 4 heteroatoms. The zero-order valence-electron chi connectivity index (χ0n) is 7.86. The van der Waals surface area contributed by atoms with Crippen LogP contribution >= 0.6 is 0 Å². The average Bonchev–Trinajstić information content (AvgIpc) is 1.97. The number of nitrogens with two attached hydrogens (primary N) is 1. The van der Waals surface area contributed by atoms with Crippen molar-refractivity contribution in [2.24, 2.45) is 5.73 Å². The average molecular weight is 181 g/mol. The Labute approximate surface area is 78.3 Å². The van der Waals surface area contributed by atoms with Crippen LogP contribution in [0.4, 0.5) is 0 Å². The van der Waals surface area contributed by atoms with E-state index in [4.69, 9.17) is 11.0 Å². The maximum Gasteiger partial charge on any atom is 0.234 e. The number of carbonyl (C=O) groups excluding carboxylic acids is 1. The first kappa shape index (κ1) is 10.0. The Morgan fingerprint density at radius 3 is 2.92 bits per heavy atom. The second-order valence-corrected chi connectivity index (χ2v) is 3.49. The molecule has 0 radical (unpaired) electrons. The van der Waals surface area contributed by atoms with Crippen LogP contribution in [0, 0.1) is 11.3 Å². The summed E-state index contributed by atoms with van der Waals surface area (Å²) in [7, 11) is 0. The molecular formula is C9H15N3O. The molecule has 0 aliphatic carbocycles. The highest BCUT2D eigenvalue weighted by Gasteiger charge is 2.35. The fourth-order valence-corrected chi connectivity index (χ4v) is 1.68. The highest BCUT2D eigenvalue weighted by Crippen LogP contribution is 2.22. The van der Waals surface area contributed by atoms with Crippen molar-refractivity contribution in [2.45, 2.75) is 38.3 Å². The maximum atomic E-state index is 10.9. The molecular weight excluding hydrogens is 166 g/mol. The van der Waals surface area contributed by atoms with E-state index in [0.717, 1.165) is 19.4 Å². The van der Waals surface area contributed by atoms with Crippen LogP contribution in [0.2, 0.25) is 0 Å². The van der Waals surface area contributed by atoms with Crippen molar-refractivity contribution in [1.29, 1.82) is 5.26 Å². The lowest BCUT2D eigenvalue weighted by molar-refractivity contribution is -0.129. The number of hydrogen-bond acceptors (Lipinski definition) is 3. The molecule has 4 nitrogen and oxygen atoms in total. The van der Waals surface area contributed by atoms with Gasteiger partial charge in [-0.1, -0.05) is 0 Å². The van der Waals surface area contributed by atoms with Crippen molar-refractivity contribution in [3.63, 3.8) is 0 Å². The van der Waals surface area contributed by atoms with Gasteiger partial charge in [0.15, 0.2) is 0 Å². The van der Waals surface area contributed by atoms with Crippen LogP contribution in [0.1, 0.15) is 26.2 Å². The molecule has 0 aromatic carbocycles. The summed E-state index contributed by atoms with van der Waals surface area (Å²) in [6, 6.07) is 2.31. The Kier molecular flexibility index (Phi) is 3.26. The number of rotatable bonds is 4. The topological polar surface area (TPSA) is 70.1 Å². The van der Waals surface area contributed by atoms with Crippen LogP contribution in [0.3, 0.4) is 0 Å². The normalized spacial score (nSPS) is 24.5. The maximum absolute atomic E-state index is 10.9. The molecule has 1 rings (SSSR count). The highest BCUT2D eigenvalue weighted by atomic mass is 16.1. The summed E-state index contributed by atoms with van der Waals surface area (Å²) >= 11 is 0. The van der Waals surface area contributed by atoms with Gasteiger partial charge in [-0.3, -0.25) is 9.69 Å². The van der Waals surface area contributed by atoms with Gasteiger partial charge >= 0.3 is 0 Å². The summed E-state index contributed by atoms with van der Waals surface area (Å²) < 4.78 is 0. The zero-order valence-corrected chi connectivity index (χ0v) is 7.86. The molecule has 2 unspecified atom stereocenters. The summed E-state index contributed by atoms with van der Waals surface area (Å²) in [6.45, 7) is 2.96. The minimum atomic E-state index is -0.241. The second-order valence-electron chi connectivity index (χ2n) is 3.49. The molecule has 0 aromatic heterocycles. The van der Waals surface area contributed by atoms with Crippen molar-refractivity contribution >= 4 is 5.91 Å². The molecule has 1 saturated heterocycles. The van der Waals surface area contributed by atoms with Crippen molar-refractivity contribution in [1.82, 2.24) is 4.90 Å². The van der Waals surface area contributed by atoms with Crippen LogP contribution in [-0.4, -0.2) is 29.4 Å². The third-order valence-electron chi connectivity index (χ3n) is 2.63. The van der Waals surface area contributed by atoms with Gasteiger partial charge in [0.2, 0.25) is 5.91 Å². The van der Waals surface area contributed by atoms with Crippen LogP contribution in [0.25, 0.3) is 0 Å². The molecule has 0 aromatic rings. The first-order valence-electron chi connectivity index (χ1n) is 4.59. The van der Waals surface area contributed by atoms with E-state index in [1.54, 1.807) is 0 Å². The lowest BCUT2D eigenvalue weighted by atomic mass is 9.98. The van der Waals surface area contributed by atoms with Crippen molar-refractivity contribution in [3.8, 4) is 6.07 Å². The van der Waals surface area contributed by atoms with E-state index in [1.165, 1.54) is 0 Å². The van der Waals surface area contributed by atoms with Gasteiger partial charge in [-0.2, -0.15) is 5.26 Å². The molecule has 1 aliphatic rings. The number of amides is 1. The quantitative estimate of drug-likeness (QED) is 0.675. The summed E-state index contributed by atoms with van der Waals surface area (Å²) in [5, 5.41) is 8.40. The van der Waals surface area contributed by atoms with Crippen LogP contribution in [0.5, 0.6) is 0 Å². The number of hydrogen-bond donors (Lipinski definition) is 1. The zero-order chi connectivity index (χ0) is 9.84. The molecule has 13 heavy (non-hydrogen) atoms. The molecule has 1 heterocycles. The van der Waals surface area contributed by atoms with Gasteiger partial charge in [-0.25, -0.2) is 0 Å².